The number of furan rings is 1. The standard InChI is InChI=1S/C22H25ClN4O2S/c1-15-4-10-18(11-5-15)24-20(28)14-30-22-26-25-21(16-6-8-17(23)9-7-16)27(22)13-19-3-2-12-29-19/h2-3,6-9,12,15,18H,4-5,10-11,13-14H2,1H3,(H,24,28). The minimum atomic E-state index is 0.0418. The van der Waals surface area contributed by atoms with Crippen molar-refractivity contribution in [2.24, 2.45) is 5.92 Å². The molecule has 0 unspecified atom stereocenters. The van der Waals surface area contributed by atoms with E-state index in [4.69, 9.17) is 16.0 Å². The van der Waals surface area contributed by atoms with Gasteiger partial charge in [-0.05, 0) is 68.0 Å². The van der Waals surface area contributed by atoms with E-state index in [1.54, 1.807) is 6.26 Å². The fourth-order valence-corrected chi connectivity index (χ4v) is 4.59. The van der Waals surface area contributed by atoms with Crippen LogP contribution in [-0.4, -0.2) is 32.5 Å². The molecule has 4 rings (SSSR count). The topological polar surface area (TPSA) is 73.0 Å². The van der Waals surface area contributed by atoms with Crippen LogP contribution in [-0.2, 0) is 11.3 Å². The molecule has 6 nitrogen and oxygen atoms in total. The van der Waals surface area contributed by atoms with Crippen molar-refractivity contribution in [3.05, 3.63) is 53.4 Å². The third kappa shape index (κ3) is 5.26. The molecule has 0 radical (unpaired) electrons. The number of rotatable bonds is 7. The zero-order valence-corrected chi connectivity index (χ0v) is 18.5. The lowest BCUT2D eigenvalue weighted by Gasteiger charge is -2.26. The Balaban J connectivity index is 1.46. The molecule has 1 saturated carbocycles. The maximum absolute atomic E-state index is 12.5. The number of carbonyl (C=O) groups is 1. The summed E-state index contributed by atoms with van der Waals surface area (Å²) in [6.45, 7) is 2.76. The Hall–Kier alpha value is -2.25. The lowest BCUT2D eigenvalue weighted by Crippen LogP contribution is -2.38. The minimum absolute atomic E-state index is 0.0418. The van der Waals surface area contributed by atoms with Gasteiger partial charge in [0.25, 0.3) is 0 Å². The summed E-state index contributed by atoms with van der Waals surface area (Å²) in [7, 11) is 0. The zero-order chi connectivity index (χ0) is 20.9. The number of benzene rings is 1. The Labute approximate surface area is 185 Å². The maximum atomic E-state index is 12.5. The van der Waals surface area contributed by atoms with Crippen LogP contribution in [0.3, 0.4) is 0 Å². The Bertz CT molecular complexity index is 964. The van der Waals surface area contributed by atoms with E-state index in [0.29, 0.717) is 34.3 Å². The number of nitrogens with one attached hydrogen (secondary N) is 1. The van der Waals surface area contributed by atoms with Gasteiger partial charge in [-0.15, -0.1) is 10.2 Å². The van der Waals surface area contributed by atoms with Gasteiger partial charge in [-0.2, -0.15) is 0 Å². The highest BCUT2D eigenvalue weighted by molar-refractivity contribution is 7.99. The summed E-state index contributed by atoms with van der Waals surface area (Å²) >= 11 is 7.42. The molecule has 1 aliphatic rings. The van der Waals surface area contributed by atoms with Gasteiger partial charge in [0.2, 0.25) is 5.91 Å². The maximum Gasteiger partial charge on any atom is 0.230 e. The summed E-state index contributed by atoms with van der Waals surface area (Å²) in [5.41, 5.74) is 0.908. The lowest BCUT2D eigenvalue weighted by molar-refractivity contribution is -0.119. The average molecular weight is 445 g/mol. The summed E-state index contributed by atoms with van der Waals surface area (Å²) in [5, 5.41) is 13.2. The van der Waals surface area contributed by atoms with Gasteiger partial charge in [-0.25, -0.2) is 0 Å². The van der Waals surface area contributed by atoms with Crippen molar-refractivity contribution in [2.75, 3.05) is 5.75 Å². The molecule has 0 bridgehead atoms. The number of thioether (sulfide) groups is 1. The second kappa shape index (κ2) is 9.71. The normalized spacial score (nSPS) is 19.0. The van der Waals surface area contributed by atoms with E-state index in [1.165, 1.54) is 24.6 Å². The number of amides is 1. The highest BCUT2D eigenvalue weighted by atomic mass is 35.5. The van der Waals surface area contributed by atoms with E-state index in [-0.39, 0.29) is 5.91 Å². The molecule has 0 saturated heterocycles. The first-order valence-corrected chi connectivity index (χ1v) is 11.6. The highest BCUT2D eigenvalue weighted by Crippen LogP contribution is 2.27. The molecule has 158 valence electrons. The Morgan fingerprint density at radius 2 is 1.97 bits per heavy atom. The van der Waals surface area contributed by atoms with Crippen LogP contribution in [0.1, 0.15) is 38.4 Å². The number of hydrogen-bond acceptors (Lipinski definition) is 5. The number of hydrogen-bond donors (Lipinski definition) is 1. The first kappa shape index (κ1) is 21.0. The van der Waals surface area contributed by atoms with Crippen molar-refractivity contribution >= 4 is 29.3 Å². The molecule has 1 aliphatic carbocycles. The van der Waals surface area contributed by atoms with Crippen LogP contribution in [0.5, 0.6) is 0 Å². The Morgan fingerprint density at radius 3 is 2.67 bits per heavy atom. The average Bonchev–Trinajstić information content (AvgIpc) is 3.39. The summed E-state index contributed by atoms with van der Waals surface area (Å²) in [5.74, 6) is 2.63. The third-order valence-corrected chi connectivity index (χ3v) is 6.65. The summed E-state index contributed by atoms with van der Waals surface area (Å²) in [6.07, 6.45) is 6.13. The van der Waals surface area contributed by atoms with Crippen LogP contribution in [0.4, 0.5) is 0 Å². The van der Waals surface area contributed by atoms with Crippen molar-refractivity contribution in [1.29, 1.82) is 0 Å². The van der Waals surface area contributed by atoms with Crippen LogP contribution in [0, 0.1) is 5.92 Å². The quantitative estimate of drug-likeness (QED) is 0.517. The molecule has 1 aromatic carbocycles. The van der Waals surface area contributed by atoms with Gasteiger partial charge in [0.1, 0.15) is 5.76 Å². The van der Waals surface area contributed by atoms with Gasteiger partial charge < -0.3 is 9.73 Å². The van der Waals surface area contributed by atoms with Crippen LogP contribution < -0.4 is 5.32 Å². The Kier molecular flexibility index (Phi) is 6.79. The van der Waals surface area contributed by atoms with E-state index >= 15 is 0 Å². The molecule has 1 fully saturated rings. The van der Waals surface area contributed by atoms with Crippen molar-refractivity contribution in [3.8, 4) is 11.4 Å². The molecule has 1 N–H and O–H groups in total. The van der Waals surface area contributed by atoms with Crippen LogP contribution in [0.2, 0.25) is 5.02 Å². The molecule has 30 heavy (non-hydrogen) atoms. The van der Waals surface area contributed by atoms with E-state index < -0.39 is 0 Å². The molecule has 2 aromatic heterocycles. The fraction of sp³-hybridized carbons (Fsp3) is 0.409. The van der Waals surface area contributed by atoms with Gasteiger partial charge >= 0.3 is 0 Å². The van der Waals surface area contributed by atoms with E-state index in [0.717, 1.165) is 30.1 Å². The Morgan fingerprint density at radius 1 is 1.20 bits per heavy atom. The van der Waals surface area contributed by atoms with Gasteiger partial charge in [0, 0.05) is 16.6 Å². The highest BCUT2D eigenvalue weighted by Gasteiger charge is 2.21. The van der Waals surface area contributed by atoms with Crippen LogP contribution in [0.15, 0.2) is 52.2 Å². The minimum Gasteiger partial charge on any atom is -0.467 e. The molecule has 0 atom stereocenters. The van der Waals surface area contributed by atoms with Crippen LogP contribution >= 0.6 is 23.4 Å². The van der Waals surface area contributed by atoms with E-state index in [2.05, 4.69) is 22.4 Å². The molecule has 2 heterocycles. The van der Waals surface area contributed by atoms with E-state index in [9.17, 15) is 4.79 Å². The molecule has 0 spiro atoms. The largest absolute Gasteiger partial charge is 0.467 e. The monoisotopic (exact) mass is 444 g/mol. The molecule has 3 aromatic rings. The second-order valence-electron chi connectivity index (χ2n) is 7.79. The first-order valence-electron chi connectivity index (χ1n) is 10.2. The van der Waals surface area contributed by atoms with Crippen molar-refractivity contribution in [1.82, 2.24) is 20.1 Å². The predicted molar refractivity (Wildman–Crippen MR) is 119 cm³/mol. The molecule has 0 aliphatic heterocycles. The van der Waals surface area contributed by atoms with Crippen LogP contribution in [0.25, 0.3) is 11.4 Å². The molecule has 1 amide bonds. The lowest BCUT2D eigenvalue weighted by atomic mass is 9.87. The van der Waals surface area contributed by atoms with Gasteiger partial charge in [-0.1, -0.05) is 30.3 Å². The van der Waals surface area contributed by atoms with Gasteiger partial charge in [-0.3, -0.25) is 9.36 Å². The van der Waals surface area contributed by atoms with Gasteiger partial charge in [0.15, 0.2) is 11.0 Å². The predicted octanol–water partition coefficient (Wildman–Crippen LogP) is 5.03. The summed E-state index contributed by atoms with van der Waals surface area (Å²) in [6, 6.07) is 11.5. The van der Waals surface area contributed by atoms with Crippen molar-refractivity contribution in [2.45, 2.75) is 50.4 Å². The molecular weight excluding hydrogens is 420 g/mol. The first-order chi connectivity index (χ1) is 14.6. The second-order valence-corrected chi connectivity index (χ2v) is 9.17. The third-order valence-electron chi connectivity index (χ3n) is 5.43. The van der Waals surface area contributed by atoms with E-state index in [1.807, 2.05) is 41.0 Å². The summed E-state index contributed by atoms with van der Waals surface area (Å²) < 4.78 is 7.50. The smallest absolute Gasteiger partial charge is 0.230 e. The number of nitrogens with zero attached hydrogens (tertiary/aromatic N) is 3. The van der Waals surface area contributed by atoms with Crippen molar-refractivity contribution in [3.63, 3.8) is 0 Å². The molecule has 8 heteroatoms. The molecular formula is C22H25ClN4O2S. The summed E-state index contributed by atoms with van der Waals surface area (Å²) in [4.78, 5) is 12.5. The number of halogens is 1. The van der Waals surface area contributed by atoms with Crippen molar-refractivity contribution < 1.29 is 9.21 Å². The fourth-order valence-electron chi connectivity index (χ4n) is 3.71. The number of carbonyl (C=O) groups excluding carboxylic acids is 1. The number of aromatic nitrogens is 3. The zero-order valence-electron chi connectivity index (χ0n) is 16.9. The SMILES string of the molecule is CC1CCC(NC(=O)CSc2nnc(-c3ccc(Cl)cc3)n2Cc2ccco2)CC1. The van der Waals surface area contributed by atoms with Gasteiger partial charge in [0.05, 0.1) is 18.6 Å².